The van der Waals surface area contributed by atoms with Gasteiger partial charge < -0.3 is 20.1 Å². The van der Waals surface area contributed by atoms with E-state index in [2.05, 4.69) is 0 Å². The predicted molar refractivity (Wildman–Crippen MR) is 81.0 cm³/mol. The molecule has 0 aliphatic heterocycles. The molecule has 1 rings (SSSR count). The first kappa shape index (κ1) is 24.4. The maximum absolute atomic E-state index is 11.9. The quantitative estimate of drug-likeness (QED) is 0.437. The summed E-state index contributed by atoms with van der Waals surface area (Å²) in [6, 6.07) is 7.25. The third-order valence-electron chi connectivity index (χ3n) is 2.56. The molecule has 3 N–H and O–H groups in total. The zero-order valence-corrected chi connectivity index (χ0v) is 10.7. The van der Waals surface area contributed by atoms with Crippen LogP contribution in [0.25, 0.3) is 0 Å². The van der Waals surface area contributed by atoms with E-state index in [-0.39, 0.29) is 64.7 Å². The number of aliphatic carboxylic acids is 3. The second-order valence-corrected chi connectivity index (χ2v) is 4.20. The molecule has 0 saturated carbocycles. The van der Waals surface area contributed by atoms with Crippen molar-refractivity contribution in [1.29, 1.82) is 0 Å². The number of carboxylic acids is 3. The molecule has 0 amide bonds. The molecule has 0 radical (unpaired) electrons. The molecule has 0 aromatic heterocycles. The molecule has 0 atom stereocenters. The van der Waals surface area contributed by atoms with Crippen molar-refractivity contribution in [1.82, 2.24) is 0 Å². The zero-order chi connectivity index (χ0) is 16.0. The van der Waals surface area contributed by atoms with Crippen LogP contribution in [-0.4, -0.2) is 104 Å². The Kier molecular flexibility index (Phi) is 11.4. The van der Waals surface area contributed by atoms with E-state index in [4.69, 9.17) is 20.1 Å². The van der Waals surface area contributed by atoms with Crippen LogP contribution in [0.15, 0.2) is 30.3 Å². The van der Waals surface area contributed by atoms with E-state index in [0.717, 1.165) is 0 Å². The molecule has 0 aliphatic rings. The molecule has 0 spiro atoms. The summed E-state index contributed by atoms with van der Waals surface area (Å²) in [4.78, 5) is 44.7. The summed E-state index contributed by atoms with van der Waals surface area (Å²) >= 11 is 0. The standard InChI is InChI=1S/C13H12O8.2Na.2H/c14-9(15)6-13(12(19)20,7-10(16)17)21-11(18)8-4-2-1-3-5-8;;;;/h1-5H,6-7H2,(H,14,15)(H,16,17)(H,19,20);;;;. The van der Waals surface area contributed by atoms with Crippen molar-refractivity contribution in [3.63, 3.8) is 0 Å². The van der Waals surface area contributed by atoms with Crippen molar-refractivity contribution in [2.24, 2.45) is 0 Å². The summed E-state index contributed by atoms with van der Waals surface area (Å²) in [6.45, 7) is 0. The first-order valence-electron chi connectivity index (χ1n) is 5.72. The van der Waals surface area contributed by atoms with Crippen LogP contribution in [0.5, 0.6) is 0 Å². The van der Waals surface area contributed by atoms with Crippen LogP contribution < -0.4 is 0 Å². The second kappa shape index (κ2) is 10.8. The van der Waals surface area contributed by atoms with Gasteiger partial charge in [0, 0.05) is 0 Å². The van der Waals surface area contributed by atoms with E-state index in [1.165, 1.54) is 24.3 Å². The number of ether oxygens (including phenoxy) is 1. The Morgan fingerprint density at radius 2 is 1.30 bits per heavy atom. The molecular formula is C13H14Na2O8. The molecule has 116 valence electrons. The number of carbonyl (C=O) groups is 4. The van der Waals surface area contributed by atoms with Gasteiger partial charge >= 0.3 is 83.0 Å². The minimum atomic E-state index is -2.66. The summed E-state index contributed by atoms with van der Waals surface area (Å²) in [5.74, 6) is -6.14. The van der Waals surface area contributed by atoms with Gasteiger partial charge in [0.15, 0.2) is 0 Å². The summed E-state index contributed by atoms with van der Waals surface area (Å²) in [6.07, 6.45) is -2.32. The molecule has 0 heterocycles. The van der Waals surface area contributed by atoms with E-state index in [9.17, 15) is 19.2 Å². The fourth-order valence-electron chi connectivity index (χ4n) is 1.63. The molecular weight excluding hydrogens is 330 g/mol. The van der Waals surface area contributed by atoms with Crippen LogP contribution >= 0.6 is 0 Å². The first-order valence-corrected chi connectivity index (χ1v) is 5.72. The number of carboxylic acid groups (broad SMARTS) is 3. The van der Waals surface area contributed by atoms with Crippen molar-refractivity contribution < 1.29 is 39.2 Å². The van der Waals surface area contributed by atoms with Crippen LogP contribution in [0.4, 0.5) is 0 Å². The fraction of sp³-hybridized carbons (Fsp3) is 0.231. The summed E-state index contributed by atoms with van der Waals surface area (Å²) in [5, 5.41) is 26.6. The van der Waals surface area contributed by atoms with E-state index < -0.39 is 42.3 Å². The average Bonchev–Trinajstić information content (AvgIpc) is 2.37. The van der Waals surface area contributed by atoms with Crippen LogP contribution in [0.3, 0.4) is 0 Å². The SMILES string of the molecule is O=C(O)CC(CC(=O)O)(OC(=O)c1ccccc1)C(=O)O.[NaH].[NaH]. The Hall–Kier alpha value is -0.900. The van der Waals surface area contributed by atoms with E-state index >= 15 is 0 Å². The number of hydrogen-bond donors (Lipinski definition) is 3. The number of hydrogen-bond acceptors (Lipinski definition) is 5. The van der Waals surface area contributed by atoms with Crippen molar-refractivity contribution in [2.75, 3.05) is 0 Å². The van der Waals surface area contributed by atoms with E-state index in [1.54, 1.807) is 6.07 Å². The molecule has 1 aromatic rings. The van der Waals surface area contributed by atoms with Gasteiger partial charge in [0.2, 0.25) is 5.60 Å². The van der Waals surface area contributed by atoms with Gasteiger partial charge in [-0.1, -0.05) is 18.2 Å². The number of carbonyl (C=O) groups excluding carboxylic acids is 1. The first-order chi connectivity index (χ1) is 9.77. The number of rotatable bonds is 7. The predicted octanol–water partition coefficient (Wildman–Crippen LogP) is -0.681. The Morgan fingerprint density at radius 3 is 1.65 bits per heavy atom. The van der Waals surface area contributed by atoms with Crippen molar-refractivity contribution in [3.05, 3.63) is 35.9 Å². The Labute approximate surface area is 175 Å². The van der Waals surface area contributed by atoms with Gasteiger partial charge in [-0.25, -0.2) is 9.59 Å². The molecule has 0 unspecified atom stereocenters. The topological polar surface area (TPSA) is 138 Å². The van der Waals surface area contributed by atoms with Crippen molar-refractivity contribution in [2.45, 2.75) is 18.4 Å². The van der Waals surface area contributed by atoms with Crippen molar-refractivity contribution in [3.8, 4) is 0 Å². The molecule has 0 aliphatic carbocycles. The maximum atomic E-state index is 11.9. The molecule has 1 aromatic carbocycles. The zero-order valence-electron chi connectivity index (χ0n) is 10.7. The van der Waals surface area contributed by atoms with Crippen LogP contribution in [-0.2, 0) is 19.1 Å². The Balaban J connectivity index is 0. The normalized spacial score (nSPS) is 9.74. The van der Waals surface area contributed by atoms with Crippen LogP contribution in [0.2, 0.25) is 0 Å². The average molecular weight is 344 g/mol. The minimum absolute atomic E-state index is 0. The molecule has 23 heavy (non-hydrogen) atoms. The molecule has 10 heteroatoms. The van der Waals surface area contributed by atoms with Gasteiger partial charge in [-0.2, -0.15) is 0 Å². The third-order valence-corrected chi connectivity index (χ3v) is 2.56. The summed E-state index contributed by atoms with van der Waals surface area (Å²) < 4.78 is 4.71. The molecule has 8 nitrogen and oxygen atoms in total. The number of benzene rings is 1. The van der Waals surface area contributed by atoms with Gasteiger partial charge in [-0.15, -0.1) is 0 Å². The number of esters is 1. The summed E-state index contributed by atoms with van der Waals surface area (Å²) in [5.41, 5.74) is -2.68. The van der Waals surface area contributed by atoms with Crippen LogP contribution in [0.1, 0.15) is 23.2 Å². The molecule has 0 saturated heterocycles. The van der Waals surface area contributed by atoms with Crippen LogP contribution in [0, 0.1) is 0 Å². The fourth-order valence-corrected chi connectivity index (χ4v) is 1.63. The Morgan fingerprint density at radius 1 is 0.870 bits per heavy atom. The van der Waals surface area contributed by atoms with Gasteiger partial charge in [-0.05, 0) is 12.1 Å². The second-order valence-electron chi connectivity index (χ2n) is 4.20. The molecule has 0 bridgehead atoms. The van der Waals surface area contributed by atoms with Gasteiger partial charge in [-0.3, -0.25) is 9.59 Å². The van der Waals surface area contributed by atoms with Crippen molar-refractivity contribution >= 4 is 83.0 Å². The van der Waals surface area contributed by atoms with Gasteiger partial charge in [0.25, 0.3) is 0 Å². The Bertz CT molecular complexity index is 557. The van der Waals surface area contributed by atoms with Gasteiger partial charge in [0.05, 0.1) is 18.4 Å². The van der Waals surface area contributed by atoms with Gasteiger partial charge in [0.1, 0.15) is 0 Å². The summed E-state index contributed by atoms with van der Waals surface area (Å²) in [7, 11) is 0. The monoisotopic (exact) mass is 344 g/mol. The molecule has 0 fully saturated rings. The van der Waals surface area contributed by atoms with E-state index in [0.29, 0.717) is 0 Å². The van der Waals surface area contributed by atoms with E-state index in [1.807, 2.05) is 0 Å². The third kappa shape index (κ3) is 7.47.